The molecular formula is C3H9EuO3. The van der Waals surface area contributed by atoms with Crippen LogP contribution < -0.4 is 0 Å². The summed E-state index contributed by atoms with van der Waals surface area (Å²) in [6.07, 6.45) is 0. The molecule has 0 aromatic carbocycles. The molecule has 7 heavy (non-hydrogen) atoms. The van der Waals surface area contributed by atoms with E-state index in [-0.39, 0.29) is 0 Å². The third-order valence-electron chi connectivity index (χ3n) is 0.378. The molecule has 3 nitrogen and oxygen atoms in total. The van der Waals surface area contributed by atoms with E-state index in [1.165, 1.54) is 0 Å². The molecule has 0 saturated carbocycles. The van der Waals surface area contributed by atoms with Crippen LogP contribution >= 0.6 is 0 Å². The molecule has 0 aromatic heterocycles. The van der Waals surface area contributed by atoms with Crippen molar-refractivity contribution in [1.82, 2.24) is 0 Å². The van der Waals surface area contributed by atoms with Gasteiger partial charge in [-0.25, -0.2) is 0 Å². The number of hydrogen-bond acceptors (Lipinski definition) is 3. The normalized spacial score (nSPS) is 11.6. The topological polar surface area (TPSA) is 27.7 Å². The van der Waals surface area contributed by atoms with Crippen molar-refractivity contribution in [3.63, 3.8) is 0 Å². The minimum atomic E-state index is -2.06. The van der Waals surface area contributed by atoms with Crippen molar-refractivity contribution >= 4 is 0 Å². The Morgan fingerprint density at radius 1 is 0.857 bits per heavy atom. The second-order valence-corrected chi connectivity index (χ2v) is 4.83. The molecule has 0 aliphatic carbocycles. The molecule has 0 aliphatic heterocycles. The molecular weight excluding hydrogens is 236 g/mol. The first-order valence-electron chi connectivity index (χ1n) is 1.69. The molecule has 0 atom stereocenters. The Hall–Kier alpha value is 1.46. The summed E-state index contributed by atoms with van der Waals surface area (Å²) in [6.45, 7) is 0. The van der Waals surface area contributed by atoms with Gasteiger partial charge in [-0.1, -0.05) is 0 Å². The Morgan fingerprint density at radius 2 is 1.14 bits per heavy atom. The van der Waals surface area contributed by atoms with Crippen LogP contribution in [0.4, 0.5) is 0 Å². The van der Waals surface area contributed by atoms with Crippen molar-refractivity contribution in [2.24, 2.45) is 0 Å². The van der Waals surface area contributed by atoms with E-state index in [2.05, 4.69) is 0 Å². The van der Waals surface area contributed by atoms with Gasteiger partial charge in [0.2, 0.25) is 0 Å². The summed E-state index contributed by atoms with van der Waals surface area (Å²) in [7, 11) is 4.78. The molecule has 0 heterocycles. The Kier molecular flexibility index (Phi) is 6.77. The fourth-order valence-corrected chi connectivity index (χ4v) is 1.40. The molecule has 46 valence electrons. The monoisotopic (exact) mass is 246 g/mol. The predicted molar refractivity (Wildman–Crippen MR) is 21.0 cm³/mol. The summed E-state index contributed by atoms with van der Waals surface area (Å²) in [5.41, 5.74) is 0. The second-order valence-electron chi connectivity index (χ2n) is 0.652. The number of hydrogen-bond donors (Lipinski definition) is 0. The average molecular weight is 245 g/mol. The summed E-state index contributed by atoms with van der Waals surface area (Å²) >= 11 is -2.06. The molecule has 0 unspecified atom stereocenters. The van der Waals surface area contributed by atoms with Crippen LogP contribution in [0, 0.1) is 44.3 Å². The summed E-state index contributed by atoms with van der Waals surface area (Å²) in [6, 6.07) is 0. The van der Waals surface area contributed by atoms with Crippen molar-refractivity contribution in [3.05, 3.63) is 0 Å². The van der Waals surface area contributed by atoms with Crippen LogP contribution in [0.1, 0.15) is 0 Å². The van der Waals surface area contributed by atoms with Crippen molar-refractivity contribution in [3.8, 4) is 0 Å². The molecule has 0 fully saturated rings. The zero-order valence-corrected chi connectivity index (χ0v) is 7.03. The first-order chi connectivity index (χ1) is 3.35. The SMILES string of the molecule is C[O][Eu]([O]C)[O]C. The van der Waals surface area contributed by atoms with Crippen molar-refractivity contribution in [2.75, 3.05) is 21.3 Å². The predicted octanol–water partition coefficient (Wildman–Crippen LogP) is 0.291. The fraction of sp³-hybridized carbons (Fsp3) is 1.00. The Morgan fingerprint density at radius 3 is 1.14 bits per heavy atom. The van der Waals surface area contributed by atoms with Gasteiger partial charge in [-0.3, -0.25) is 0 Å². The van der Waals surface area contributed by atoms with Gasteiger partial charge >= 0.3 is 65.6 Å². The second kappa shape index (κ2) is 5.60. The van der Waals surface area contributed by atoms with Gasteiger partial charge in [0.1, 0.15) is 0 Å². The zero-order chi connectivity index (χ0) is 5.70. The molecule has 0 N–H and O–H groups in total. The van der Waals surface area contributed by atoms with Gasteiger partial charge in [-0.2, -0.15) is 0 Å². The van der Waals surface area contributed by atoms with Gasteiger partial charge in [0.25, 0.3) is 0 Å². The van der Waals surface area contributed by atoms with Crippen LogP contribution in [-0.2, 0) is -0.0181 Å². The maximum atomic E-state index is 4.79. The van der Waals surface area contributed by atoms with Crippen LogP contribution in [0.2, 0.25) is 0 Å². The quantitative estimate of drug-likeness (QED) is 0.715. The van der Waals surface area contributed by atoms with Crippen molar-refractivity contribution < 1.29 is 44.3 Å². The molecule has 4 heteroatoms. The van der Waals surface area contributed by atoms with Gasteiger partial charge in [-0.15, -0.1) is 0 Å². The Bertz CT molecular complexity index is 31.7. The summed E-state index contributed by atoms with van der Waals surface area (Å²) < 4.78 is 14.4. The minimum absolute atomic E-state index is 1.59. The molecule has 0 saturated heterocycles. The molecule has 0 radical (unpaired) electrons. The van der Waals surface area contributed by atoms with E-state index in [0.29, 0.717) is 0 Å². The summed E-state index contributed by atoms with van der Waals surface area (Å²) in [4.78, 5) is 0. The zero-order valence-electron chi connectivity index (χ0n) is 4.60. The van der Waals surface area contributed by atoms with E-state index in [1.807, 2.05) is 0 Å². The molecule has 0 amide bonds. The van der Waals surface area contributed by atoms with Crippen LogP contribution in [0.5, 0.6) is 0 Å². The Labute approximate surface area is 64.5 Å². The van der Waals surface area contributed by atoms with E-state index in [4.69, 9.17) is -0.0181 Å². The van der Waals surface area contributed by atoms with Crippen molar-refractivity contribution in [2.45, 2.75) is 0 Å². The maximum absolute atomic E-state index is 4.79. The third kappa shape index (κ3) is 4.00. The van der Waals surface area contributed by atoms with Gasteiger partial charge in [0.05, 0.1) is 0 Å². The van der Waals surface area contributed by atoms with Crippen LogP contribution in [0.15, 0.2) is 0 Å². The first-order valence-corrected chi connectivity index (χ1v) is 4.66. The number of rotatable bonds is 3. The van der Waals surface area contributed by atoms with Crippen LogP contribution in [0.3, 0.4) is 0 Å². The van der Waals surface area contributed by atoms with Gasteiger partial charge in [-0.05, 0) is 0 Å². The molecule has 0 bridgehead atoms. The third-order valence-corrected chi connectivity index (χ3v) is 2.80. The Balaban J connectivity index is 2.99. The molecule has 0 aromatic rings. The van der Waals surface area contributed by atoms with Crippen LogP contribution in [-0.4, -0.2) is 21.3 Å². The van der Waals surface area contributed by atoms with Gasteiger partial charge in [0, 0.05) is 0 Å². The van der Waals surface area contributed by atoms with E-state index in [9.17, 15) is 0 Å². The van der Waals surface area contributed by atoms with E-state index in [1.54, 1.807) is 21.3 Å². The van der Waals surface area contributed by atoms with Crippen molar-refractivity contribution in [1.29, 1.82) is 0 Å². The van der Waals surface area contributed by atoms with Gasteiger partial charge < -0.3 is 0 Å². The van der Waals surface area contributed by atoms with E-state index in [0.717, 1.165) is 0 Å². The first kappa shape index (κ1) is 8.46. The summed E-state index contributed by atoms with van der Waals surface area (Å²) in [5.74, 6) is 0. The van der Waals surface area contributed by atoms with E-state index >= 15 is 0 Å². The standard InChI is InChI=1S/3CH3O.Eu/c3*1-2;/h3*1H3;/q3*-1;+3. The average Bonchev–Trinajstić information content (AvgIpc) is 1.72. The van der Waals surface area contributed by atoms with Gasteiger partial charge in [0.15, 0.2) is 0 Å². The van der Waals surface area contributed by atoms with E-state index < -0.39 is 44.3 Å². The fourth-order valence-electron chi connectivity index (χ4n) is 0.189. The molecule has 0 rings (SSSR count). The molecule has 0 spiro atoms. The molecule has 0 aliphatic rings. The summed E-state index contributed by atoms with van der Waals surface area (Å²) in [5, 5.41) is 0. The van der Waals surface area contributed by atoms with Crippen LogP contribution in [0.25, 0.3) is 0 Å².